The summed E-state index contributed by atoms with van der Waals surface area (Å²) in [5, 5.41) is 0.781. The van der Waals surface area contributed by atoms with Crippen LogP contribution in [-0.4, -0.2) is 42.0 Å². The van der Waals surface area contributed by atoms with Crippen LogP contribution in [0.2, 0.25) is 4.34 Å². The van der Waals surface area contributed by atoms with E-state index in [1.54, 1.807) is 11.3 Å². The van der Waals surface area contributed by atoms with Gasteiger partial charge in [-0.15, -0.1) is 11.3 Å². The fraction of sp³-hybridized carbons (Fsp3) is 0.429. The molecule has 2 heterocycles. The van der Waals surface area contributed by atoms with Gasteiger partial charge in [-0.1, -0.05) is 42.9 Å². The highest BCUT2D eigenvalue weighted by atomic mass is 35.5. The number of aryl methyl sites for hydroxylation is 2. The molecular formula is C21H26ClN3OS2. The number of fused-ring (bicyclic) bond motifs is 1. The maximum absolute atomic E-state index is 13.2. The van der Waals surface area contributed by atoms with Gasteiger partial charge in [0.2, 0.25) is 5.91 Å². The standard InChI is InChI=1S/C21H26ClN3OS2/c1-5-24(6-2)11-12-25(19(26)13-16-8-10-18(22)27-16)21-23-20-15(4)14(3)7-9-17(20)28-21/h7-10H,5-6,11-13H2,1-4H3. The van der Waals surface area contributed by atoms with Crippen LogP contribution in [0, 0.1) is 13.8 Å². The first-order valence-corrected chi connectivity index (χ1v) is 11.6. The smallest absolute Gasteiger partial charge is 0.234 e. The summed E-state index contributed by atoms with van der Waals surface area (Å²) in [5.41, 5.74) is 3.40. The normalized spacial score (nSPS) is 11.5. The molecule has 150 valence electrons. The summed E-state index contributed by atoms with van der Waals surface area (Å²) in [6.45, 7) is 11.9. The third-order valence-electron chi connectivity index (χ3n) is 5.09. The minimum absolute atomic E-state index is 0.0686. The maximum atomic E-state index is 13.2. The van der Waals surface area contributed by atoms with E-state index in [0.29, 0.717) is 17.3 Å². The van der Waals surface area contributed by atoms with Crippen molar-refractivity contribution in [2.45, 2.75) is 34.1 Å². The lowest BCUT2D eigenvalue weighted by Crippen LogP contribution is -2.39. The van der Waals surface area contributed by atoms with Crippen LogP contribution in [0.1, 0.15) is 29.9 Å². The van der Waals surface area contributed by atoms with Crippen molar-refractivity contribution in [3.63, 3.8) is 0 Å². The number of thiazole rings is 1. The second-order valence-electron chi connectivity index (χ2n) is 6.81. The number of anilines is 1. The molecule has 28 heavy (non-hydrogen) atoms. The van der Waals surface area contributed by atoms with Crippen LogP contribution in [0.4, 0.5) is 5.13 Å². The number of thiophene rings is 1. The number of hydrogen-bond donors (Lipinski definition) is 0. The molecule has 1 amide bonds. The zero-order valence-electron chi connectivity index (χ0n) is 16.8. The Morgan fingerprint density at radius 3 is 2.46 bits per heavy atom. The lowest BCUT2D eigenvalue weighted by atomic mass is 10.1. The molecule has 4 nitrogen and oxygen atoms in total. The van der Waals surface area contributed by atoms with Crippen molar-refractivity contribution in [1.82, 2.24) is 9.88 Å². The second-order valence-corrected chi connectivity index (χ2v) is 9.61. The van der Waals surface area contributed by atoms with Gasteiger partial charge in [0.05, 0.1) is 21.0 Å². The number of halogens is 1. The summed E-state index contributed by atoms with van der Waals surface area (Å²) in [5.74, 6) is 0.0686. The summed E-state index contributed by atoms with van der Waals surface area (Å²) < 4.78 is 1.83. The van der Waals surface area contributed by atoms with Gasteiger partial charge in [-0.3, -0.25) is 9.69 Å². The SMILES string of the molecule is CCN(CC)CCN(C(=O)Cc1ccc(Cl)s1)c1nc2c(C)c(C)ccc2s1. The molecule has 0 N–H and O–H groups in total. The maximum Gasteiger partial charge on any atom is 0.234 e. The van der Waals surface area contributed by atoms with Crippen molar-refractivity contribution >= 4 is 55.5 Å². The zero-order chi connectivity index (χ0) is 20.3. The van der Waals surface area contributed by atoms with E-state index >= 15 is 0 Å². The summed E-state index contributed by atoms with van der Waals surface area (Å²) in [4.78, 5) is 23.2. The number of aromatic nitrogens is 1. The molecule has 0 saturated carbocycles. The third kappa shape index (κ3) is 4.74. The second kappa shape index (κ2) is 9.35. The third-order valence-corrected chi connectivity index (χ3v) is 7.37. The van der Waals surface area contributed by atoms with Crippen molar-refractivity contribution in [2.75, 3.05) is 31.1 Å². The van der Waals surface area contributed by atoms with Crippen molar-refractivity contribution in [3.05, 3.63) is 44.6 Å². The predicted molar refractivity (Wildman–Crippen MR) is 122 cm³/mol. The Bertz CT molecular complexity index is 962. The van der Waals surface area contributed by atoms with E-state index in [1.807, 2.05) is 17.0 Å². The van der Waals surface area contributed by atoms with Gasteiger partial charge in [0, 0.05) is 18.0 Å². The van der Waals surface area contributed by atoms with E-state index in [4.69, 9.17) is 16.6 Å². The predicted octanol–water partition coefficient (Wildman–Crippen LogP) is 5.55. The van der Waals surface area contributed by atoms with Crippen LogP contribution >= 0.6 is 34.3 Å². The van der Waals surface area contributed by atoms with Crippen molar-refractivity contribution in [1.29, 1.82) is 0 Å². The number of carbonyl (C=O) groups excluding carboxylic acids is 1. The topological polar surface area (TPSA) is 36.4 Å². The molecule has 1 aromatic carbocycles. The molecule has 0 unspecified atom stereocenters. The van der Waals surface area contributed by atoms with Crippen molar-refractivity contribution < 1.29 is 4.79 Å². The van der Waals surface area contributed by atoms with E-state index in [1.165, 1.54) is 22.5 Å². The molecule has 3 rings (SSSR count). The van der Waals surface area contributed by atoms with Crippen LogP contribution in [0.5, 0.6) is 0 Å². The zero-order valence-corrected chi connectivity index (χ0v) is 19.2. The Kier molecular flexibility index (Phi) is 7.10. The van der Waals surface area contributed by atoms with Gasteiger partial charge in [0.15, 0.2) is 5.13 Å². The number of carbonyl (C=O) groups is 1. The first-order valence-electron chi connectivity index (χ1n) is 9.56. The van der Waals surface area contributed by atoms with Gasteiger partial charge in [-0.25, -0.2) is 4.98 Å². The number of nitrogens with zero attached hydrogens (tertiary/aromatic N) is 3. The highest BCUT2D eigenvalue weighted by molar-refractivity contribution is 7.22. The minimum Gasteiger partial charge on any atom is -0.302 e. The molecule has 2 aromatic heterocycles. The molecule has 7 heteroatoms. The number of likely N-dealkylation sites (N-methyl/N-ethyl adjacent to an activating group) is 1. The van der Waals surface area contributed by atoms with Crippen LogP contribution in [0.3, 0.4) is 0 Å². The van der Waals surface area contributed by atoms with Crippen LogP contribution in [0.25, 0.3) is 10.2 Å². The molecular weight excluding hydrogens is 410 g/mol. The summed E-state index contributed by atoms with van der Waals surface area (Å²) >= 11 is 9.10. The van der Waals surface area contributed by atoms with E-state index in [9.17, 15) is 4.79 Å². The van der Waals surface area contributed by atoms with E-state index < -0.39 is 0 Å². The molecule has 0 atom stereocenters. The highest BCUT2D eigenvalue weighted by Crippen LogP contribution is 2.32. The lowest BCUT2D eigenvalue weighted by molar-refractivity contribution is -0.118. The first-order chi connectivity index (χ1) is 13.4. The first kappa shape index (κ1) is 21.2. The van der Waals surface area contributed by atoms with Gasteiger partial charge in [-0.05, 0) is 56.3 Å². The number of benzene rings is 1. The fourth-order valence-electron chi connectivity index (χ4n) is 3.13. The Labute approximate surface area is 179 Å². The Hall–Kier alpha value is -1.47. The summed E-state index contributed by atoms with van der Waals surface area (Å²) in [7, 11) is 0. The van der Waals surface area contributed by atoms with E-state index in [0.717, 1.165) is 39.9 Å². The summed E-state index contributed by atoms with van der Waals surface area (Å²) in [6.07, 6.45) is 0.351. The van der Waals surface area contributed by atoms with Crippen molar-refractivity contribution in [2.24, 2.45) is 0 Å². The molecule has 0 radical (unpaired) electrons. The molecule has 0 aliphatic rings. The number of hydrogen-bond acceptors (Lipinski definition) is 5. The van der Waals surface area contributed by atoms with Gasteiger partial charge >= 0.3 is 0 Å². The van der Waals surface area contributed by atoms with Crippen LogP contribution in [0.15, 0.2) is 24.3 Å². The van der Waals surface area contributed by atoms with Crippen molar-refractivity contribution in [3.8, 4) is 0 Å². The quantitative estimate of drug-likeness (QED) is 0.465. The molecule has 0 spiro atoms. The Morgan fingerprint density at radius 1 is 1.07 bits per heavy atom. The molecule has 0 fully saturated rings. The van der Waals surface area contributed by atoms with Crippen LogP contribution < -0.4 is 4.90 Å². The van der Waals surface area contributed by atoms with Crippen LogP contribution in [-0.2, 0) is 11.2 Å². The van der Waals surface area contributed by atoms with Gasteiger partial charge < -0.3 is 4.90 Å². The van der Waals surface area contributed by atoms with Gasteiger partial charge in [0.1, 0.15) is 0 Å². The molecule has 3 aromatic rings. The Balaban J connectivity index is 1.90. The molecule has 0 aliphatic heterocycles. The number of rotatable bonds is 8. The molecule has 0 saturated heterocycles. The molecule has 0 bridgehead atoms. The molecule has 0 aliphatic carbocycles. The lowest BCUT2D eigenvalue weighted by Gasteiger charge is -2.24. The minimum atomic E-state index is 0.0686. The average Bonchev–Trinajstić information content (AvgIpc) is 3.28. The Morgan fingerprint density at radius 2 is 1.82 bits per heavy atom. The average molecular weight is 436 g/mol. The fourth-order valence-corrected chi connectivity index (χ4v) is 5.28. The number of amides is 1. The summed E-state index contributed by atoms with van der Waals surface area (Å²) in [6, 6.07) is 8.00. The van der Waals surface area contributed by atoms with Gasteiger partial charge in [0.25, 0.3) is 0 Å². The van der Waals surface area contributed by atoms with E-state index in [-0.39, 0.29) is 5.91 Å². The monoisotopic (exact) mass is 435 g/mol. The van der Waals surface area contributed by atoms with Gasteiger partial charge in [-0.2, -0.15) is 0 Å². The van der Waals surface area contributed by atoms with E-state index in [2.05, 4.69) is 44.7 Å². The highest BCUT2D eigenvalue weighted by Gasteiger charge is 2.22. The largest absolute Gasteiger partial charge is 0.302 e.